The monoisotopic (exact) mass is 469 g/mol. The summed E-state index contributed by atoms with van der Waals surface area (Å²) in [5, 5.41) is 3.03. The fourth-order valence-electron chi connectivity index (χ4n) is 4.49. The number of amidine groups is 1. The number of nitrogens with zero attached hydrogens (tertiary/aromatic N) is 2. The van der Waals surface area contributed by atoms with Gasteiger partial charge in [-0.1, -0.05) is 36.8 Å². The maximum absolute atomic E-state index is 12.9. The van der Waals surface area contributed by atoms with Gasteiger partial charge in [-0.2, -0.15) is 8.42 Å². The highest BCUT2D eigenvalue weighted by Crippen LogP contribution is 2.36. The molecule has 2 aliphatic rings. The number of hydrogen-bond acceptors (Lipinski definition) is 5. The molecule has 1 amide bonds. The van der Waals surface area contributed by atoms with Crippen LogP contribution in [0, 0.1) is 12.8 Å². The van der Waals surface area contributed by atoms with E-state index in [2.05, 4.69) is 9.71 Å². The van der Waals surface area contributed by atoms with Crippen molar-refractivity contribution in [1.82, 2.24) is 10.2 Å². The zero-order valence-corrected chi connectivity index (χ0v) is 20.0. The zero-order chi connectivity index (χ0) is 23.4. The quantitative estimate of drug-likeness (QED) is 0.621. The van der Waals surface area contributed by atoms with E-state index >= 15 is 0 Å². The second kappa shape index (κ2) is 9.95. The predicted octanol–water partition coefficient (Wildman–Crippen LogP) is 3.91. The number of carbonyl (C=O) groups is 1. The minimum absolute atomic E-state index is 0.0610. The standard InChI is InChI=1S/C25H31N3O4S/c1-3-22-23(19-10-8-18(2)9-11-19)33(30,31)27-24(22)28-15-12-20(13-16-28)25(29)26-14-4-6-21-7-5-17-32-21/h5,7-11,17,20H,3-4,6,12-16H2,1-2H3,(H,26,29). The van der Waals surface area contributed by atoms with Gasteiger partial charge in [0.2, 0.25) is 5.91 Å². The molecule has 33 heavy (non-hydrogen) atoms. The van der Waals surface area contributed by atoms with E-state index in [0.29, 0.717) is 55.2 Å². The third-order valence-corrected chi connectivity index (χ3v) is 7.73. The minimum atomic E-state index is -3.74. The number of rotatable bonds is 7. The van der Waals surface area contributed by atoms with Crippen LogP contribution in [0.5, 0.6) is 0 Å². The van der Waals surface area contributed by atoms with Gasteiger partial charge >= 0.3 is 0 Å². The third kappa shape index (κ3) is 5.21. The van der Waals surface area contributed by atoms with Crippen LogP contribution in [0.4, 0.5) is 0 Å². The number of carbonyl (C=O) groups excluding carboxylic acids is 1. The van der Waals surface area contributed by atoms with Crippen molar-refractivity contribution in [3.05, 3.63) is 65.1 Å². The summed E-state index contributed by atoms with van der Waals surface area (Å²) in [5.74, 6) is 1.48. The van der Waals surface area contributed by atoms with Crippen LogP contribution in [-0.4, -0.2) is 44.7 Å². The Labute approximate surface area is 195 Å². The average molecular weight is 470 g/mol. The summed E-state index contributed by atoms with van der Waals surface area (Å²) in [5.41, 5.74) is 2.52. The number of aryl methyl sites for hydroxylation is 2. The number of benzene rings is 1. The van der Waals surface area contributed by atoms with Crippen LogP contribution in [0.1, 0.15) is 49.5 Å². The van der Waals surface area contributed by atoms with Gasteiger partial charge in [0, 0.05) is 37.5 Å². The largest absolute Gasteiger partial charge is 0.469 e. The lowest BCUT2D eigenvalue weighted by molar-refractivity contribution is -0.126. The Kier molecular flexibility index (Phi) is 7.02. The molecule has 0 unspecified atom stereocenters. The van der Waals surface area contributed by atoms with Crippen LogP contribution in [0.15, 0.2) is 57.0 Å². The van der Waals surface area contributed by atoms with Gasteiger partial charge in [-0.05, 0) is 50.3 Å². The lowest BCUT2D eigenvalue weighted by Gasteiger charge is -2.33. The molecule has 1 fully saturated rings. The fourth-order valence-corrected chi connectivity index (χ4v) is 6.02. The maximum Gasteiger partial charge on any atom is 0.285 e. The average Bonchev–Trinajstić information content (AvgIpc) is 3.42. The Bertz CT molecular complexity index is 1140. The van der Waals surface area contributed by atoms with Crippen LogP contribution in [0.3, 0.4) is 0 Å². The van der Waals surface area contributed by atoms with Crippen molar-refractivity contribution in [2.24, 2.45) is 10.3 Å². The van der Waals surface area contributed by atoms with Crippen LogP contribution >= 0.6 is 0 Å². The lowest BCUT2D eigenvalue weighted by atomic mass is 9.94. The summed E-state index contributed by atoms with van der Waals surface area (Å²) >= 11 is 0. The number of nitrogens with one attached hydrogen (secondary N) is 1. The Morgan fingerprint density at radius 1 is 1.18 bits per heavy atom. The van der Waals surface area contributed by atoms with Crippen molar-refractivity contribution in [2.45, 2.75) is 46.0 Å². The summed E-state index contributed by atoms with van der Waals surface area (Å²) in [6.45, 7) is 5.78. The van der Waals surface area contributed by atoms with Crippen molar-refractivity contribution in [1.29, 1.82) is 0 Å². The molecule has 2 aromatic rings. The number of furan rings is 1. The van der Waals surface area contributed by atoms with Gasteiger partial charge in [0.05, 0.1) is 6.26 Å². The van der Waals surface area contributed by atoms with E-state index in [1.807, 2.05) is 55.1 Å². The van der Waals surface area contributed by atoms with Gasteiger partial charge in [0.25, 0.3) is 10.0 Å². The second-order valence-corrected chi connectivity index (χ2v) is 10.2. The predicted molar refractivity (Wildman–Crippen MR) is 129 cm³/mol. The number of likely N-dealkylation sites (tertiary alicyclic amines) is 1. The molecule has 1 aromatic carbocycles. The van der Waals surface area contributed by atoms with Crippen LogP contribution < -0.4 is 5.32 Å². The van der Waals surface area contributed by atoms with Gasteiger partial charge in [-0.3, -0.25) is 4.79 Å². The number of piperidine rings is 1. The first kappa shape index (κ1) is 23.3. The summed E-state index contributed by atoms with van der Waals surface area (Å²) in [6, 6.07) is 11.3. The Hall–Kier alpha value is -2.87. The molecule has 3 heterocycles. The smallest absolute Gasteiger partial charge is 0.285 e. The molecule has 0 aliphatic carbocycles. The fraction of sp³-hybridized carbons (Fsp3) is 0.440. The lowest BCUT2D eigenvalue weighted by Crippen LogP contribution is -2.43. The topological polar surface area (TPSA) is 92.0 Å². The maximum atomic E-state index is 12.9. The van der Waals surface area contributed by atoms with Crippen molar-refractivity contribution in [2.75, 3.05) is 19.6 Å². The van der Waals surface area contributed by atoms with E-state index in [9.17, 15) is 13.2 Å². The van der Waals surface area contributed by atoms with Crippen molar-refractivity contribution < 1.29 is 17.6 Å². The summed E-state index contributed by atoms with van der Waals surface area (Å²) in [6.07, 6.45) is 5.23. The van der Waals surface area contributed by atoms with E-state index in [0.717, 1.165) is 29.7 Å². The molecule has 0 radical (unpaired) electrons. The van der Waals surface area contributed by atoms with Crippen LogP contribution in [-0.2, 0) is 21.2 Å². The number of hydrogen-bond donors (Lipinski definition) is 1. The van der Waals surface area contributed by atoms with Gasteiger partial charge in [-0.15, -0.1) is 4.40 Å². The Morgan fingerprint density at radius 2 is 1.91 bits per heavy atom. The van der Waals surface area contributed by atoms with Crippen molar-refractivity contribution >= 4 is 26.7 Å². The normalized spacial score (nSPS) is 18.5. The first-order chi connectivity index (χ1) is 15.9. The third-order valence-electron chi connectivity index (χ3n) is 6.32. The summed E-state index contributed by atoms with van der Waals surface area (Å²) in [4.78, 5) is 14.9. The second-order valence-electron chi connectivity index (χ2n) is 8.65. The molecule has 0 spiro atoms. The first-order valence-corrected chi connectivity index (χ1v) is 13.0. The highest BCUT2D eigenvalue weighted by atomic mass is 32.2. The van der Waals surface area contributed by atoms with Crippen LogP contribution in [0.2, 0.25) is 0 Å². The van der Waals surface area contributed by atoms with Gasteiger partial charge in [0.15, 0.2) is 0 Å². The summed E-state index contributed by atoms with van der Waals surface area (Å²) < 4.78 is 35.3. The number of sulfonamides is 1. The SMILES string of the molecule is CCC1=C(c2ccc(C)cc2)S(=O)(=O)N=C1N1CCC(C(=O)NCCCc2ccco2)CC1. The molecule has 1 saturated heterocycles. The zero-order valence-electron chi connectivity index (χ0n) is 19.2. The Balaban J connectivity index is 1.36. The molecule has 2 aliphatic heterocycles. The minimum Gasteiger partial charge on any atom is -0.469 e. The highest BCUT2D eigenvalue weighted by Gasteiger charge is 2.36. The number of amides is 1. The molecule has 0 atom stereocenters. The molecule has 7 nitrogen and oxygen atoms in total. The molecule has 4 rings (SSSR count). The first-order valence-electron chi connectivity index (χ1n) is 11.6. The molecule has 1 N–H and O–H groups in total. The molecule has 0 saturated carbocycles. The van der Waals surface area contributed by atoms with Crippen LogP contribution in [0.25, 0.3) is 4.91 Å². The van der Waals surface area contributed by atoms with E-state index < -0.39 is 10.0 Å². The molecular weight excluding hydrogens is 438 g/mol. The van der Waals surface area contributed by atoms with Gasteiger partial charge < -0.3 is 14.6 Å². The van der Waals surface area contributed by atoms with E-state index in [4.69, 9.17) is 4.42 Å². The highest BCUT2D eigenvalue weighted by molar-refractivity contribution is 8.00. The van der Waals surface area contributed by atoms with Crippen molar-refractivity contribution in [3.8, 4) is 0 Å². The van der Waals surface area contributed by atoms with Gasteiger partial charge in [0.1, 0.15) is 16.5 Å². The Morgan fingerprint density at radius 3 is 2.55 bits per heavy atom. The van der Waals surface area contributed by atoms with Crippen molar-refractivity contribution in [3.63, 3.8) is 0 Å². The van der Waals surface area contributed by atoms with Gasteiger partial charge in [-0.25, -0.2) is 0 Å². The molecule has 8 heteroatoms. The molecule has 0 bridgehead atoms. The summed E-state index contributed by atoms with van der Waals surface area (Å²) in [7, 11) is -3.74. The molecule has 1 aromatic heterocycles. The molecular formula is C25H31N3O4S. The van der Waals surface area contributed by atoms with E-state index in [-0.39, 0.29) is 11.8 Å². The van der Waals surface area contributed by atoms with E-state index in [1.165, 1.54) is 0 Å². The molecule has 176 valence electrons. The van der Waals surface area contributed by atoms with E-state index in [1.54, 1.807) is 6.26 Å².